The van der Waals surface area contributed by atoms with E-state index in [2.05, 4.69) is 10.1 Å². The fourth-order valence-corrected chi connectivity index (χ4v) is 1.92. The first kappa shape index (κ1) is 19.4. The summed E-state index contributed by atoms with van der Waals surface area (Å²) in [5, 5.41) is 15.2. The minimum absolute atomic E-state index is 0.0878. The molecular formula is C17H15N3O7. The maximum atomic E-state index is 11.6. The van der Waals surface area contributed by atoms with E-state index >= 15 is 0 Å². The van der Waals surface area contributed by atoms with Crippen LogP contribution >= 0.6 is 0 Å². The van der Waals surface area contributed by atoms with Crippen LogP contribution in [-0.4, -0.2) is 29.4 Å². The van der Waals surface area contributed by atoms with Gasteiger partial charge in [0.05, 0.1) is 23.3 Å². The van der Waals surface area contributed by atoms with E-state index in [9.17, 15) is 24.5 Å². The smallest absolute Gasteiger partial charge is 0.331 e. The third kappa shape index (κ3) is 6.46. The van der Waals surface area contributed by atoms with Gasteiger partial charge < -0.3 is 14.5 Å². The largest absolute Gasteiger partial charge is 0.467 e. The van der Waals surface area contributed by atoms with Crippen molar-refractivity contribution in [3.05, 3.63) is 70.2 Å². The molecule has 10 heteroatoms. The number of hydrogen-bond acceptors (Lipinski definition) is 7. The highest BCUT2D eigenvalue weighted by Crippen LogP contribution is 2.18. The number of carbonyl (C=O) groups excluding carboxylic acids is 3. The monoisotopic (exact) mass is 373 g/mol. The van der Waals surface area contributed by atoms with Crippen LogP contribution in [0.25, 0.3) is 6.08 Å². The second-order valence-electron chi connectivity index (χ2n) is 5.07. The average Bonchev–Trinajstić information content (AvgIpc) is 3.17. The minimum atomic E-state index is -0.890. The van der Waals surface area contributed by atoms with Crippen molar-refractivity contribution >= 4 is 29.7 Å². The van der Waals surface area contributed by atoms with Crippen LogP contribution < -0.4 is 10.6 Å². The number of urea groups is 1. The molecule has 1 aromatic heterocycles. The van der Waals surface area contributed by atoms with Crippen molar-refractivity contribution in [3.63, 3.8) is 0 Å². The highest BCUT2D eigenvalue weighted by Gasteiger charge is 2.12. The number of ether oxygens (including phenoxy) is 1. The van der Waals surface area contributed by atoms with Crippen LogP contribution in [-0.2, 0) is 20.9 Å². The van der Waals surface area contributed by atoms with E-state index in [1.165, 1.54) is 30.5 Å². The predicted molar refractivity (Wildman–Crippen MR) is 92.2 cm³/mol. The number of hydrogen-bond donors (Lipinski definition) is 2. The van der Waals surface area contributed by atoms with Crippen molar-refractivity contribution in [1.29, 1.82) is 0 Å². The van der Waals surface area contributed by atoms with Crippen LogP contribution in [0.5, 0.6) is 0 Å². The third-order valence-electron chi connectivity index (χ3n) is 3.13. The molecule has 2 aromatic rings. The van der Waals surface area contributed by atoms with Crippen LogP contribution in [0.3, 0.4) is 0 Å². The molecule has 0 saturated carbocycles. The van der Waals surface area contributed by atoms with Gasteiger partial charge in [-0.2, -0.15) is 0 Å². The Kier molecular flexibility index (Phi) is 6.83. The number of carbonyl (C=O) groups is 3. The van der Waals surface area contributed by atoms with Crippen molar-refractivity contribution in [2.75, 3.05) is 6.61 Å². The lowest BCUT2D eigenvalue weighted by Gasteiger charge is -2.05. The minimum Gasteiger partial charge on any atom is -0.467 e. The summed E-state index contributed by atoms with van der Waals surface area (Å²) in [6, 6.07) is 8.34. The van der Waals surface area contributed by atoms with E-state index in [-0.39, 0.29) is 17.8 Å². The summed E-state index contributed by atoms with van der Waals surface area (Å²) in [7, 11) is 0. The molecule has 140 valence electrons. The molecule has 0 radical (unpaired) electrons. The standard InChI is InChI=1S/C17H15N3O7/c21-15(19-17(23)18-10-13-5-3-9-26-13)11-27-16(22)8-7-12-4-1-2-6-14(12)20(24)25/h1-9H,10-11H2,(H2,18,19,21,23)/b8-7+. The lowest BCUT2D eigenvalue weighted by Crippen LogP contribution is -2.41. The lowest BCUT2D eigenvalue weighted by atomic mass is 10.1. The highest BCUT2D eigenvalue weighted by atomic mass is 16.6. The van der Waals surface area contributed by atoms with Crippen LogP contribution in [0.1, 0.15) is 11.3 Å². The Bertz CT molecular complexity index is 859. The van der Waals surface area contributed by atoms with Gasteiger partial charge in [0.2, 0.25) is 0 Å². The molecule has 0 aliphatic heterocycles. The molecule has 10 nitrogen and oxygen atoms in total. The maximum Gasteiger partial charge on any atom is 0.331 e. The molecule has 0 fully saturated rings. The number of nitrogens with zero attached hydrogens (tertiary/aromatic N) is 1. The van der Waals surface area contributed by atoms with Gasteiger partial charge in [0.1, 0.15) is 5.76 Å². The molecule has 0 unspecified atom stereocenters. The Morgan fingerprint density at radius 2 is 1.96 bits per heavy atom. The quantitative estimate of drug-likeness (QED) is 0.326. The molecule has 1 heterocycles. The van der Waals surface area contributed by atoms with Crippen LogP contribution in [0.15, 0.2) is 53.2 Å². The number of para-hydroxylation sites is 1. The first-order chi connectivity index (χ1) is 13.0. The van der Waals surface area contributed by atoms with Crippen LogP contribution in [0, 0.1) is 10.1 Å². The zero-order valence-electron chi connectivity index (χ0n) is 13.9. The Hall–Kier alpha value is -3.95. The molecule has 0 spiro atoms. The van der Waals surface area contributed by atoms with E-state index in [4.69, 9.17) is 4.42 Å². The third-order valence-corrected chi connectivity index (χ3v) is 3.13. The number of amides is 3. The number of rotatable bonds is 7. The molecule has 2 rings (SSSR count). The predicted octanol–water partition coefficient (Wildman–Crippen LogP) is 1.77. The van der Waals surface area contributed by atoms with E-state index < -0.39 is 29.4 Å². The summed E-state index contributed by atoms with van der Waals surface area (Å²) in [6.45, 7) is -0.598. The Labute approximate surface area is 152 Å². The van der Waals surface area contributed by atoms with Gasteiger partial charge >= 0.3 is 12.0 Å². The van der Waals surface area contributed by atoms with Crippen LogP contribution in [0.2, 0.25) is 0 Å². The summed E-state index contributed by atoms with van der Waals surface area (Å²) in [5.74, 6) is -1.22. The Morgan fingerprint density at radius 3 is 2.67 bits per heavy atom. The van der Waals surface area contributed by atoms with E-state index in [0.717, 1.165) is 6.08 Å². The molecule has 0 atom stereocenters. The number of nitrogens with one attached hydrogen (secondary N) is 2. The van der Waals surface area contributed by atoms with E-state index in [1.807, 2.05) is 5.32 Å². The number of esters is 1. The number of nitro benzene ring substituents is 1. The molecule has 2 N–H and O–H groups in total. The van der Waals surface area contributed by atoms with Gasteiger partial charge in [0.25, 0.3) is 11.6 Å². The number of nitro groups is 1. The molecule has 0 aliphatic carbocycles. The first-order valence-electron chi connectivity index (χ1n) is 7.64. The van der Waals surface area contributed by atoms with Gasteiger partial charge in [0, 0.05) is 12.1 Å². The van der Waals surface area contributed by atoms with Crippen molar-refractivity contribution in [2.24, 2.45) is 0 Å². The highest BCUT2D eigenvalue weighted by molar-refractivity contribution is 5.96. The van der Waals surface area contributed by atoms with Crippen molar-refractivity contribution in [1.82, 2.24) is 10.6 Å². The molecule has 0 saturated heterocycles. The van der Waals surface area contributed by atoms with E-state index in [1.54, 1.807) is 18.2 Å². The van der Waals surface area contributed by atoms with E-state index in [0.29, 0.717) is 5.76 Å². The molecule has 27 heavy (non-hydrogen) atoms. The van der Waals surface area contributed by atoms with Gasteiger partial charge in [-0.15, -0.1) is 0 Å². The fourth-order valence-electron chi connectivity index (χ4n) is 1.92. The van der Waals surface area contributed by atoms with Gasteiger partial charge in [-0.3, -0.25) is 20.2 Å². The van der Waals surface area contributed by atoms with Gasteiger partial charge in [0.15, 0.2) is 6.61 Å². The van der Waals surface area contributed by atoms with Crippen molar-refractivity contribution in [2.45, 2.75) is 6.54 Å². The van der Waals surface area contributed by atoms with Gasteiger partial charge in [-0.1, -0.05) is 12.1 Å². The molecular weight excluding hydrogens is 358 g/mol. The first-order valence-corrected chi connectivity index (χ1v) is 7.64. The van der Waals surface area contributed by atoms with Crippen LogP contribution in [0.4, 0.5) is 10.5 Å². The molecule has 0 bridgehead atoms. The molecule has 0 aliphatic rings. The summed E-state index contributed by atoms with van der Waals surface area (Å²) in [4.78, 5) is 44.9. The lowest BCUT2D eigenvalue weighted by molar-refractivity contribution is -0.385. The fraction of sp³-hybridized carbons (Fsp3) is 0.118. The second-order valence-corrected chi connectivity index (χ2v) is 5.07. The Balaban J connectivity index is 1.75. The second kappa shape index (κ2) is 9.51. The summed E-state index contributed by atoms with van der Waals surface area (Å²) in [6.07, 6.45) is 3.60. The SMILES string of the molecule is O=C(COC(=O)/C=C/c1ccccc1[N+](=O)[O-])NC(=O)NCc1ccco1. The number of imide groups is 1. The zero-order chi connectivity index (χ0) is 19.6. The van der Waals surface area contributed by atoms with Gasteiger partial charge in [-0.25, -0.2) is 9.59 Å². The summed E-state index contributed by atoms with van der Waals surface area (Å²) < 4.78 is 9.68. The average molecular weight is 373 g/mol. The van der Waals surface area contributed by atoms with Crippen molar-refractivity contribution in [3.8, 4) is 0 Å². The number of furan rings is 1. The van der Waals surface area contributed by atoms with Gasteiger partial charge in [-0.05, 0) is 24.3 Å². The Morgan fingerprint density at radius 1 is 1.19 bits per heavy atom. The zero-order valence-corrected chi connectivity index (χ0v) is 13.9. The molecule has 1 aromatic carbocycles. The topological polar surface area (TPSA) is 141 Å². The van der Waals surface area contributed by atoms with Crippen molar-refractivity contribution < 1.29 is 28.5 Å². The summed E-state index contributed by atoms with van der Waals surface area (Å²) in [5.41, 5.74) is 0.0359. The number of benzene rings is 1. The summed E-state index contributed by atoms with van der Waals surface area (Å²) >= 11 is 0. The maximum absolute atomic E-state index is 11.6. The molecule has 3 amide bonds. The normalized spacial score (nSPS) is 10.4.